The predicted octanol–water partition coefficient (Wildman–Crippen LogP) is 2.69. The van der Waals surface area contributed by atoms with E-state index < -0.39 is 10.0 Å². The van der Waals surface area contributed by atoms with E-state index in [-0.39, 0.29) is 0 Å². The summed E-state index contributed by atoms with van der Waals surface area (Å²) in [6.07, 6.45) is 2.30. The molecule has 2 rings (SSSR count). The number of nitrogens with one attached hydrogen (secondary N) is 1. The fourth-order valence-corrected chi connectivity index (χ4v) is 2.80. The van der Waals surface area contributed by atoms with Gasteiger partial charge in [-0.2, -0.15) is 0 Å². The molecule has 0 aliphatic carbocycles. The van der Waals surface area contributed by atoms with E-state index in [0.717, 1.165) is 10.8 Å². The van der Waals surface area contributed by atoms with Crippen LogP contribution in [0.4, 0.5) is 0 Å². The second-order valence-corrected chi connectivity index (χ2v) is 5.75. The molecule has 4 heteroatoms. The van der Waals surface area contributed by atoms with Gasteiger partial charge in [-0.1, -0.05) is 36.4 Å². The summed E-state index contributed by atoms with van der Waals surface area (Å²) in [5.41, 5.74) is 0. The van der Waals surface area contributed by atoms with Gasteiger partial charge in [0.15, 0.2) is 0 Å². The molecule has 0 heterocycles. The van der Waals surface area contributed by atoms with Gasteiger partial charge in [0.05, 0.1) is 4.90 Å². The zero-order chi connectivity index (χ0) is 13.0. The van der Waals surface area contributed by atoms with Crippen molar-refractivity contribution in [2.75, 3.05) is 6.54 Å². The molecule has 0 spiro atoms. The number of fused-ring (bicyclic) bond motifs is 1. The lowest BCUT2D eigenvalue weighted by molar-refractivity contribution is 0.582. The molecule has 0 saturated carbocycles. The van der Waals surface area contributed by atoms with Crippen molar-refractivity contribution in [2.24, 2.45) is 0 Å². The first-order chi connectivity index (χ1) is 8.63. The standard InChI is InChI=1S/C14H15NO2S/c1-2-3-10-15-18(16,17)14-9-8-12-6-4-5-7-13(12)11-14/h2,4-9,11,15H,1,3,10H2. The molecule has 2 aromatic carbocycles. The first-order valence-electron chi connectivity index (χ1n) is 5.73. The molecule has 18 heavy (non-hydrogen) atoms. The molecule has 0 bridgehead atoms. The number of hydrogen-bond acceptors (Lipinski definition) is 2. The Kier molecular flexibility index (Phi) is 3.79. The molecule has 0 aromatic heterocycles. The molecule has 0 radical (unpaired) electrons. The summed E-state index contributed by atoms with van der Waals surface area (Å²) in [5, 5.41) is 1.95. The van der Waals surface area contributed by atoms with Gasteiger partial charge in [-0.05, 0) is 29.3 Å². The maximum absolute atomic E-state index is 12.0. The fraction of sp³-hybridized carbons (Fsp3) is 0.143. The minimum absolute atomic E-state index is 0.297. The van der Waals surface area contributed by atoms with E-state index in [1.165, 1.54) is 0 Å². The van der Waals surface area contributed by atoms with Crippen LogP contribution < -0.4 is 4.72 Å². The van der Waals surface area contributed by atoms with Crippen LogP contribution in [0.2, 0.25) is 0 Å². The van der Waals surface area contributed by atoms with E-state index in [0.29, 0.717) is 17.9 Å². The zero-order valence-electron chi connectivity index (χ0n) is 9.96. The third-order valence-electron chi connectivity index (χ3n) is 2.67. The molecule has 0 unspecified atom stereocenters. The van der Waals surface area contributed by atoms with Crippen LogP contribution in [-0.2, 0) is 10.0 Å². The molecule has 0 fully saturated rings. The molecule has 0 aliphatic rings. The van der Waals surface area contributed by atoms with Gasteiger partial charge in [0, 0.05) is 6.54 Å². The van der Waals surface area contributed by atoms with Crippen molar-refractivity contribution in [1.82, 2.24) is 4.72 Å². The fourth-order valence-electron chi connectivity index (χ4n) is 1.71. The molecule has 0 aliphatic heterocycles. The first-order valence-corrected chi connectivity index (χ1v) is 7.21. The maximum Gasteiger partial charge on any atom is 0.240 e. The lowest BCUT2D eigenvalue weighted by Gasteiger charge is -2.06. The third kappa shape index (κ3) is 2.78. The molecule has 3 nitrogen and oxygen atoms in total. The molecule has 94 valence electrons. The van der Waals surface area contributed by atoms with Crippen LogP contribution in [0.1, 0.15) is 6.42 Å². The summed E-state index contributed by atoms with van der Waals surface area (Å²) in [5.74, 6) is 0. The molecule has 0 atom stereocenters. The molecule has 2 aromatic rings. The second-order valence-electron chi connectivity index (χ2n) is 3.98. The van der Waals surface area contributed by atoms with Gasteiger partial charge in [0.25, 0.3) is 0 Å². The van der Waals surface area contributed by atoms with E-state index in [9.17, 15) is 8.42 Å². The van der Waals surface area contributed by atoms with Gasteiger partial charge in [-0.25, -0.2) is 13.1 Å². The topological polar surface area (TPSA) is 46.2 Å². The SMILES string of the molecule is C=CCCNS(=O)(=O)c1ccc2ccccc2c1. The Morgan fingerprint density at radius 3 is 2.56 bits per heavy atom. The Morgan fingerprint density at radius 1 is 1.11 bits per heavy atom. The van der Waals surface area contributed by atoms with Crippen LogP contribution in [0.15, 0.2) is 60.0 Å². The minimum atomic E-state index is -3.42. The Labute approximate surface area is 107 Å². The molecule has 1 N–H and O–H groups in total. The highest BCUT2D eigenvalue weighted by molar-refractivity contribution is 7.89. The van der Waals surface area contributed by atoms with E-state index in [1.807, 2.05) is 30.3 Å². The van der Waals surface area contributed by atoms with Crippen molar-refractivity contribution in [3.05, 3.63) is 55.1 Å². The Bertz CT molecular complexity index is 662. The van der Waals surface area contributed by atoms with Gasteiger partial charge in [-0.3, -0.25) is 0 Å². The van der Waals surface area contributed by atoms with Crippen LogP contribution in [0.25, 0.3) is 10.8 Å². The number of rotatable bonds is 5. The zero-order valence-corrected chi connectivity index (χ0v) is 10.8. The lowest BCUT2D eigenvalue weighted by Crippen LogP contribution is -2.24. The monoisotopic (exact) mass is 261 g/mol. The number of benzene rings is 2. The van der Waals surface area contributed by atoms with Crippen LogP contribution >= 0.6 is 0 Å². The third-order valence-corrected chi connectivity index (χ3v) is 4.13. The normalized spacial score (nSPS) is 11.6. The Hall–Kier alpha value is -1.65. The van der Waals surface area contributed by atoms with Gasteiger partial charge >= 0.3 is 0 Å². The summed E-state index contributed by atoms with van der Waals surface area (Å²) < 4.78 is 26.6. The van der Waals surface area contributed by atoms with Gasteiger partial charge in [-0.15, -0.1) is 6.58 Å². The highest BCUT2D eigenvalue weighted by atomic mass is 32.2. The van der Waals surface area contributed by atoms with Crippen molar-refractivity contribution < 1.29 is 8.42 Å². The first kappa shape index (κ1) is 12.8. The number of hydrogen-bond donors (Lipinski definition) is 1. The molecular formula is C14H15NO2S. The largest absolute Gasteiger partial charge is 0.240 e. The van der Waals surface area contributed by atoms with Crippen molar-refractivity contribution in [2.45, 2.75) is 11.3 Å². The minimum Gasteiger partial charge on any atom is -0.211 e. The maximum atomic E-state index is 12.0. The van der Waals surface area contributed by atoms with Crippen molar-refractivity contribution in [3.63, 3.8) is 0 Å². The summed E-state index contributed by atoms with van der Waals surface area (Å²) >= 11 is 0. The van der Waals surface area contributed by atoms with Gasteiger partial charge in [0.2, 0.25) is 10.0 Å². The number of sulfonamides is 1. The van der Waals surface area contributed by atoms with Gasteiger partial charge < -0.3 is 0 Å². The van der Waals surface area contributed by atoms with Crippen LogP contribution in [0.3, 0.4) is 0 Å². The second kappa shape index (κ2) is 5.33. The average Bonchev–Trinajstić information content (AvgIpc) is 2.38. The highest BCUT2D eigenvalue weighted by Gasteiger charge is 2.12. The van der Waals surface area contributed by atoms with Gasteiger partial charge in [0.1, 0.15) is 0 Å². The quantitative estimate of drug-likeness (QED) is 0.664. The van der Waals surface area contributed by atoms with Crippen molar-refractivity contribution in [1.29, 1.82) is 0 Å². The van der Waals surface area contributed by atoms with E-state index in [2.05, 4.69) is 11.3 Å². The average molecular weight is 261 g/mol. The molecular weight excluding hydrogens is 246 g/mol. The van der Waals surface area contributed by atoms with Crippen molar-refractivity contribution >= 4 is 20.8 Å². The van der Waals surface area contributed by atoms with E-state index in [1.54, 1.807) is 18.2 Å². The molecule has 0 amide bonds. The van der Waals surface area contributed by atoms with Crippen LogP contribution in [0, 0.1) is 0 Å². The highest BCUT2D eigenvalue weighted by Crippen LogP contribution is 2.18. The van der Waals surface area contributed by atoms with E-state index >= 15 is 0 Å². The summed E-state index contributed by atoms with van der Waals surface area (Å²) in [7, 11) is -3.42. The van der Waals surface area contributed by atoms with Crippen molar-refractivity contribution in [3.8, 4) is 0 Å². The van der Waals surface area contributed by atoms with Crippen LogP contribution in [-0.4, -0.2) is 15.0 Å². The summed E-state index contributed by atoms with van der Waals surface area (Å²) in [4.78, 5) is 0.297. The Morgan fingerprint density at radius 2 is 1.83 bits per heavy atom. The predicted molar refractivity (Wildman–Crippen MR) is 74.0 cm³/mol. The molecule has 0 saturated heterocycles. The summed E-state index contributed by atoms with van der Waals surface area (Å²) in [6, 6.07) is 12.8. The lowest BCUT2D eigenvalue weighted by atomic mass is 10.1. The smallest absolute Gasteiger partial charge is 0.211 e. The Balaban J connectivity index is 2.32. The summed E-state index contributed by atoms with van der Waals surface area (Å²) in [6.45, 7) is 3.93. The van der Waals surface area contributed by atoms with Crippen LogP contribution in [0.5, 0.6) is 0 Å². The van der Waals surface area contributed by atoms with E-state index in [4.69, 9.17) is 0 Å².